The molecule has 1 rings (SSSR count). The molecular formula is C16H24OSi. The number of benzene rings is 1. The maximum atomic E-state index is 10.4. The second kappa shape index (κ2) is 6.71. The van der Waals surface area contributed by atoms with Crippen LogP contribution in [0.15, 0.2) is 55.6 Å². The molecule has 1 N–H and O–H groups in total. The zero-order valence-electron chi connectivity index (χ0n) is 11.5. The second-order valence-electron chi connectivity index (χ2n) is 5.28. The maximum absolute atomic E-state index is 10.4. The molecule has 0 spiro atoms. The molecule has 1 aromatic rings. The van der Waals surface area contributed by atoms with E-state index >= 15 is 0 Å². The van der Waals surface area contributed by atoms with Crippen molar-refractivity contribution in [3.05, 3.63) is 55.6 Å². The summed E-state index contributed by atoms with van der Waals surface area (Å²) in [7, 11) is -1.72. The van der Waals surface area contributed by atoms with Crippen LogP contribution in [0.5, 0.6) is 0 Å². The van der Waals surface area contributed by atoms with Gasteiger partial charge in [0, 0.05) is 5.54 Å². The zero-order chi connectivity index (χ0) is 13.6. The van der Waals surface area contributed by atoms with Crippen molar-refractivity contribution in [3.8, 4) is 0 Å². The van der Waals surface area contributed by atoms with Crippen LogP contribution in [0, 0.1) is 0 Å². The van der Waals surface area contributed by atoms with Gasteiger partial charge >= 0.3 is 0 Å². The van der Waals surface area contributed by atoms with E-state index in [4.69, 9.17) is 0 Å². The average Bonchev–Trinajstić information content (AvgIpc) is 2.38. The highest BCUT2D eigenvalue weighted by Gasteiger charge is 2.35. The normalized spacial score (nSPS) is 14.8. The average molecular weight is 260 g/mol. The zero-order valence-corrected chi connectivity index (χ0v) is 12.5. The minimum absolute atomic E-state index is 0.180. The van der Waals surface area contributed by atoms with Gasteiger partial charge in [0.25, 0.3) is 0 Å². The third-order valence-corrected chi connectivity index (χ3v) is 7.79. The fourth-order valence-electron chi connectivity index (χ4n) is 2.46. The Kier molecular flexibility index (Phi) is 5.57. The molecule has 0 radical (unpaired) electrons. The Balaban J connectivity index is 2.92. The van der Waals surface area contributed by atoms with Crippen LogP contribution in [-0.4, -0.2) is 19.3 Å². The molecule has 0 saturated heterocycles. The summed E-state index contributed by atoms with van der Waals surface area (Å²) in [5.74, 6) is 0. The molecule has 0 amide bonds. The quantitative estimate of drug-likeness (QED) is 0.588. The van der Waals surface area contributed by atoms with Crippen molar-refractivity contribution in [2.75, 3.05) is 0 Å². The van der Waals surface area contributed by atoms with Crippen molar-refractivity contribution in [2.45, 2.75) is 37.6 Å². The molecule has 2 atom stereocenters. The van der Waals surface area contributed by atoms with E-state index in [1.165, 1.54) is 5.19 Å². The molecule has 0 saturated carbocycles. The lowest BCUT2D eigenvalue weighted by Gasteiger charge is -2.34. The summed E-state index contributed by atoms with van der Waals surface area (Å²) < 4.78 is 0. The summed E-state index contributed by atoms with van der Waals surface area (Å²) in [6.45, 7) is 12.2. The first kappa shape index (κ1) is 14.9. The van der Waals surface area contributed by atoms with Crippen molar-refractivity contribution in [1.82, 2.24) is 0 Å². The summed E-state index contributed by atoms with van der Waals surface area (Å²) in [5.41, 5.74) is 0.180. The molecule has 0 aromatic heterocycles. The molecule has 0 aliphatic heterocycles. The fraction of sp³-hybridized carbons (Fsp3) is 0.375. The largest absolute Gasteiger partial charge is 0.393 e. The van der Waals surface area contributed by atoms with E-state index in [1.807, 2.05) is 18.2 Å². The molecule has 0 unspecified atom stereocenters. The lowest BCUT2D eigenvalue weighted by Crippen LogP contribution is -2.49. The van der Waals surface area contributed by atoms with E-state index in [0.717, 1.165) is 12.8 Å². The molecule has 0 aliphatic carbocycles. The van der Waals surface area contributed by atoms with Crippen LogP contribution >= 0.6 is 0 Å². The van der Waals surface area contributed by atoms with Gasteiger partial charge in [-0.1, -0.05) is 60.8 Å². The van der Waals surface area contributed by atoms with Crippen molar-refractivity contribution in [1.29, 1.82) is 0 Å². The highest BCUT2D eigenvalue weighted by atomic mass is 28.3. The topological polar surface area (TPSA) is 20.2 Å². The Labute approximate surface area is 112 Å². The van der Waals surface area contributed by atoms with Gasteiger partial charge < -0.3 is 5.11 Å². The van der Waals surface area contributed by atoms with Crippen molar-refractivity contribution in [2.24, 2.45) is 0 Å². The van der Waals surface area contributed by atoms with Crippen LogP contribution in [-0.2, 0) is 0 Å². The Morgan fingerprint density at radius 2 is 1.83 bits per heavy atom. The van der Waals surface area contributed by atoms with Crippen LogP contribution in [0.4, 0.5) is 0 Å². The first-order chi connectivity index (χ1) is 8.54. The van der Waals surface area contributed by atoms with E-state index in [9.17, 15) is 5.11 Å². The highest BCUT2D eigenvalue weighted by molar-refractivity contribution is 6.91. The standard InChI is InChI=1S/C16H24OSi/c1-5-7-13-15(17)16(6-2)18(3,4)14-11-9-8-10-12-14/h5-6,8-12,15-17H,1-2,7,13H2,3-4H3/t15-,16+/m0/s1. The number of hydrogen-bond donors (Lipinski definition) is 1. The number of aliphatic hydroxyl groups is 1. The molecule has 18 heavy (non-hydrogen) atoms. The van der Waals surface area contributed by atoms with Crippen molar-refractivity contribution < 1.29 is 5.11 Å². The summed E-state index contributed by atoms with van der Waals surface area (Å²) >= 11 is 0. The lowest BCUT2D eigenvalue weighted by molar-refractivity contribution is 0.167. The Morgan fingerprint density at radius 3 is 2.33 bits per heavy atom. The number of aliphatic hydroxyl groups excluding tert-OH is 1. The lowest BCUT2D eigenvalue weighted by atomic mass is 10.1. The van der Waals surface area contributed by atoms with Gasteiger partial charge in [0.05, 0.1) is 14.2 Å². The van der Waals surface area contributed by atoms with Gasteiger partial charge in [0.15, 0.2) is 0 Å². The van der Waals surface area contributed by atoms with Gasteiger partial charge in [-0.15, -0.1) is 13.2 Å². The van der Waals surface area contributed by atoms with Gasteiger partial charge in [0.1, 0.15) is 0 Å². The second-order valence-corrected chi connectivity index (χ2v) is 9.97. The van der Waals surface area contributed by atoms with Crippen molar-refractivity contribution >= 4 is 13.3 Å². The highest BCUT2D eigenvalue weighted by Crippen LogP contribution is 2.29. The minimum atomic E-state index is -1.72. The first-order valence-corrected chi connectivity index (χ1v) is 9.58. The van der Waals surface area contributed by atoms with Crippen LogP contribution < -0.4 is 5.19 Å². The van der Waals surface area contributed by atoms with Crippen molar-refractivity contribution in [3.63, 3.8) is 0 Å². The molecule has 0 fully saturated rings. The summed E-state index contributed by atoms with van der Waals surface area (Å²) in [6.07, 6.45) is 5.10. The van der Waals surface area contributed by atoms with E-state index in [2.05, 4.69) is 50.5 Å². The summed E-state index contributed by atoms with van der Waals surface area (Å²) in [5, 5.41) is 11.7. The third-order valence-electron chi connectivity index (χ3n) is 3.69. The smallest absolute Gasteiger partial charge is 0.0901 e. The Morgan fingerprint density at radius 1 is 1.22 bits per heavy atom. The molecule has 0 bridgehead atoms. The van der Waals surface area contributed by atoms with Crippen LogP contribution in [0.25, 0.3) is 0 Å². The molecular weight excluding hydrogens is 236 g/mol. The first-order valence-electron chi connectivity index (χ1n) is 6.51. The molecule has 0 heterocycles. The van der Waals surface area contributed by atoms with Gasteiger partial charge in [0.2, 0.25) is 0 Å². The Hall–Kier alpha value is -1.12. The predicted octanol–water partition coefficient (Wildman–Crippen LogP) is 3.49. The van der Waals surface area contributed by atoms with E-state index in [0.29, 0.717) is 0 Å². The summed E-state index contributed by atoms with van der Waals surface area (Å²) in [4.78, 5) is 0. The van der Waals surface area contributed by atoms with E-state index < -0.39 is 8.07 Å². The third kappa shape index (κ3) is 3.44. The molecule has 2 heteroatoms. The number of allylic oxidation sites excluding steroid dienone is 1. The molecule has 98 valence electrons. The summed E-state index contributed by atoms with van der Waals surface area (Å²) in [6, 6.07) is 10.5. The monoisotopic (exact) mass is 260 g/mol. The number of hydrogen-bond acceptors (Lipinski definition) is 1. The van der Waals surface area contributed by atoms with Gasteiger partial charge in [-0.05, 0) is 12.8 Å². The molecule has 0 aliphatic rings. The van der Waals surface area contributed by atoms with E-state index in [1.54, 1.807) is 0 Å². The molecule has 1 aromatic carbocycles. The minimum Gasteiger partial charge on any atom is -0.393 e. The predicted molar refractivity (Wildman–Crippen MR) is 82.9 cm³/mol. The number of rotatable bonds is 7. The maximum Gasteiger partial charge on any atom is 0.0901 e. The van der Waals surface area contributed by atoms with Crippen LogP contribution in [0.1, 0.15) is 12.8 Å². The molecule has 1 nitrogen and oxygen atoms in total. The van der Waals surface area contributed by atoms with Gasteiger partial charge in [-0.2, -0.15) is 0 Å². The van der Waals surface area contributed by atoms with Gasteiger partial charge in [-0.3, -0.25) is 0 Å². The Bertz CT molecular complexity index is 383. The van der Waals surface area contributed by atoms with Gasteiger partial charge in [-0.25, -0.2) is 0 Å². The fourth-order valence-corrected chi connectivity index (χ4v) is 5.62. The van der Waals surface area contributed by atoms with E-state index in [-0.39, 0.29) is 11.6 Å². The van der Waals surface area contributed by atoms with Crippen LogP contribution in [0.3, 0.4) is 0 Å². The van der Waals surface area contributed by atoms with Crippen LogP contribution in [0.2, 0.25) is 18.6 Å². The SMILES string of the molecule is C=CCC[C@H](O)[C@@H](C=C)[Si](C)(C)c1ccccc1.